The molecule has 1 fully saturated rings. The molecule has 0 saturated heterocycles. The molecule has 3 unspecified atom stereocenters. The summed E-state index contributed by atoms with van der Waals surface area (Å²) < 4.78 is 1.89. The zero-order valence-corrected chi connectivity index (χ0v) is 12.6. The molecule has 3 nitrogen and oxygen atoms in total. The molecule has 18 heavy (non-hydrogen) atoms. The van der Waals surface area contributed by atoms with Crippen molar-refractivity contribution in [2.75, 3.05) is 0 Å². The zero-order chi connectivity index (χ0) is 13.5. The van der Waals surface area contributed by atoms with E-state index in [9.17, 15) is 0 Å². The minimum Gasteiger partial charge on any atom is -0.324 e. The SMILES string of the molecule is Cc1nn(C)c(CC2(N)CCCC(C)C2C)c1Cl. The molecule has 1 saturated carbocycles. The number of nitrogens with two attached hydrogens (primary N) is 1. The van der Waals surface area contributed by atoms with Crippen LogP contribution < -0.4 is 5.73 Å². The second-order valence-electron chi connectivity index (χ2n) is 6.04. The Hall–Kier alpha value is -0.540. The van der Waals surface area contributed by atoms with E-state index in [1.807, 2.05) is 18.7 Å². The number of hydrogen-bond acceptors (Lipinski definition) is 2. The van der Waals surface area contributed by atoms with Crippen molar-refractivity contribution in [2.45, 2.75) is 52.0 Å². The lowest BCUT2D eigenvalue weighted by Gasteiger charge is -2.43. The summed E-state index contributed by atoms with van der Waals surface area (Å²) in [6.07, 6.45) is 4.42. The summed E-state index contributed by atoms with van der Waals surface area (Å²) in [7, 11) is 1.95. The van der Waals surface area contributed by atoms with Crippen LogP contribution in [0.15, 0.2) is 0 Å². The van der Waals surface area contributed by atoms with E-state index in [-0.39, 0.29) is 5.54 Å². The average molecular weight is 270 g/mol. The summed E-state index contributed by atoms with van der Waals surface area (Å²) in [4.78, 5) is 0. The van der Waals surface area contributed by atoms with Gasteiger partial charge in [-0.3, -0.25) is 4.68 Å². The maximum Gasteiger partial charge on any atom is 0.0847 e. The fourth-order valence-electron chi connectivity index (χ4n) is 3.23. The third-order valence-corrected chi connectivity index (χ3v) is 5.31. The van der Waals surface area contributed by atoms with Gasteiger partial charge >= 0.3 is 0 Å². The highest BCUT2D eigenvalue weighted by atomic mass is 35.5. The Kier molecular flexibility index (Phi) is 3.75. The van der Waals surface area contributed by atoms with Gasteiger partial charge in [-0.25, -0.2) is 0 Å². The third-order valence-electron chi connectivity index (χ3n) is 4.82. The highest BCUT2D eigenvalue weighted by Crippen LogP contribution is 2.39. The van der Waals surface area contributed by atoms with Crippen LogP contribution in [-0.2, 0) is 13.5 Å². The van der Waals surface area contributed by atoms with Gasteiger partial charge in [0.05, 0.1) is 16.4 Å². The largest absolute Gasteiger partial charge is 0.324 e. The van der Waals surface area contributed by atoms with Gasteiger partial charge < -0.3 is 5.73 Å². The van der Waals surface area contributed by atoms with Gasteiger partial charge in [0.2, 0.25) is 0 Å². The maximum atomic E-state index is 6.67. The van der Waals surface area contributed by atoms with Crippen molar-refractivity contribution in [2.24, 2.45) is 24.6 Å². The molecule has 0 aliphatic heterocycles. The van der Waals surface area contributed by atoms with Gasteiger partial charge in [-0.15, -0.1) is 0 Å². The summed E-state index contributed by atoms with van der Waals surface area (Å²) in [6.45, 7) is 6.53. The highest BCUT2D eigenvalue weighted by Gasteiger charge is 2.39. The number of aryl methyl sites for hydroxylation is 2. The lowest BCUT2D eigenvalue weighted by atomic mass is 9.67. The molecule has 1 aromatic heterocycles. The van der Waals surface area contributed by atoms with Crippen LogP contribution in [0.2, 0.25) is 5.02 Å². The molecular weight excluding hydrogens is 246 g/mol. The Balaban J connectivity index is 2.26. The predicted octanol–water partition coefficient (Wildman–Crippen LogP) is 3.08. The van der Waals surface area contributed by atoms with E-state index in [0.29, 0.717) is 11.8 Å². The standard InChI is InChI=1S/C14H24ClN3/c1-9-6-5-7-14(16,10(9)2)8-12-13(15)11(3)17-18(12)4/h9-10H,5-8,16H2,1-4H3. The van der Waals surface area contributed by atoms with Crippen LogP contribution in [0.1, 0.15) is 44.5 Å². The second-order valence-corrected chi connectivity index (χ2v) is 6.42. The van der Waals surface area contributed by atoms with Gasteiger partial charge in [0.25, 0.3) is 0 Å². The van der Waals surface area contributed by atoms with Crippen LogP contribution in [0.5, 0.6) is 0 Å². The van der Waals surface area contributed by atoms with E-state index in [0.717, 1.165) is 29.3 Å². The second kappa shape index (κ2) is 4.86. The molecule has 2 rings (SSSR count). The minimum absolute atomic E-state index is 0.137. The van der Waals surface area contributed by atoms with Gasteiger partial charge in [0, 0.05) is 19.0 Å². The van der Waals surface area contributed by atoms with E-state index in [1.54, 1.807) is 0 Å². The van der Waals surface area contributed by atoms with Crippen molar-refractivity contribution >= 4 is 11.6 Å². The van der Waals surface area contributed by atoms with Crippen LogP contribution in [0.25, 0.3) is 0 Å². The smallest absolute Gasteiger partial charge is 0.0847 e. The molecule has 0 aromatic carbocycles. The monoisotopic (exact) mass is 269 g/mol. The molecule has 1 aromatic rings. The Labute approximate surface area is 115 Å². The fourth-order valence-corrected chi connectivity index (χ4v) is 3.46. The van der Waals surface area contributed by atoms with Gasteiger partial charge in [-0.2, -0.15) is 5.10 Å². The molecule has 1 aliphatic rings. The average Bonchev–Trinajstić information content (AvgIpc) is 2.53. The Morgan fingerprint density at radius 1 is 1.50 bits per heavy atom. The van der Waals surface area contributed by atoms with Gasteiger partial charge in [0.1, 0.15) is 0 Å². The summed E-state index contributed by atoms with van der Waals surface area (Å²) in [5.74, 6) is 1.22. The molecule has 0 bridgehead atoms. The van der Waals surface area contributed by atoms with Crippen molar-refractivity contribution in [3.8, 4) is 0 Å². The molecule has 0 amide bonds. The van der Waals surface area contributed by atoms with Crippen molar-refractivity contribution in [3.05, 3.63) is 16.4 Å². The quantitative estimate of drug-likeness (QED) is 0.897. The maximum absolute atomic E-state index is 6.67. The van der Waals surface area contributed by atoms with Crippen LogP contribution in [0.4, 0.5) is 0 Å². The zero-order valence-electron chi connectivity index (χ0n) is 11.8. The number of aromatic nitrogens is 2. The van der Waals surface area contributed by atoms with E-state index >= 15 is 0 Å². The van der Waals surface area contributed by atoms with Crippen molar-refractivity contribution in [3.63, 3.8) is 0 Å². The molecule has 4 heteroatoms. The first-order valence-electron chi connectivity index (χ1n) is 6.82. The topological polar surface area (TPSA) is 43.8 Å². The van der Waals surface area contributed by atoms with Crippen LogP contribution in [0.3, 0.4) is 0 Å². The minimum atomic E-state index is -0.137. The molecule has 1 aliphatic carbocycles. The van der Waals surface area contributed by atoms with Crippen molar-refractivity contribution in [1.29, 1.82) is 0 Å². The summed E-state index contributed by atoms with van der Waals surface area (Å²) >= 11 is 6.34. The Morgan fingerprint density at radius 2 is 2.17 bits per heavy atom. The summed E-state index contributed by atoms with van der Waals surface area (Å²) in [6, 6.07) is 0. The van der Waals surface area contributed by atoms with Crippen LogP contribution >= 0.6 is 11.6 Å². The van der Waals surface area contributed by atoms with Crippen LogP contribution in [-0.4, -0.2) is 15.3 Å². The van der Waals surface area contributed by atoms with Crippen LogP contribution in [0, 0.1) is 18.8 Å². The number of rotatable bonds is 2. The lowest BCUT2D eigenvalue weighted by molar-refractivity contribution is 0.141. The van der Waals surface area contributed by atoms with Gasteiger partial charge in [-0.05, 0) is 25.2 Å². The Morgan fingerprint density at radius 3 is 2.72 bits per heavy atom. The predicted molar refractivity (Wildman–Crippen MR) is 75.8 cm³/mol. The van der Waals surface area contributed by atoms with Gasteiger partial charge in [-0.1, -0.05) is 38.3 Å². The molecule has 1 heterocycles. The molecule has 2 N–H and O–H groups in total. The lowest BCUT2D eigenvalue weighted by Crippen LogP contribution is -2.52. The summed E-state index contributed by atoms with van der Waals surface area (Å²) in [5.41, 5.74) is 8.51. The first kappa shape index (κ1) is 13.9. The fraction of sp³-hybridized carbons (Fsp3) is 0.786. The summed E-state index contributed by atoms with van der Waals surface area (Å²) in [5, 5.41) is 5.17. The molecule has 0 radical (unpaired) electrons. The first-order valence-corrected chi connectivity index (χ1v) is 7.20. The molecule has 3 atom stereocenters. The number of hydrogen-bond donors (Lipinski definition) is 1. The molecule has 102 valence electrons. The van der Waals surface area contributed by atoms with E-state index < -0.39 is 0 Å². The van der Waals surface area contributed by atoms with E-state index in [2.05, 4.69) is 18.9 Å². The number of nitrogens with zero attached hydrogens (tertiary/aromatic N) is 2. The molecule has 0 spiro atoms. The highest BCUT2D eigenvalue weighted by molar-refractivity contribution is 6.31. The normalized spacial score (nSPS) is 32.8. The number of halogens is 1. The Bertz CT molecular complexity index is 440. The van der Waals surface area contributed by atoms with E-state index in [1.165, 1.54) is 12.8 Å². The molecular formula is C14H24ClN3. The third kappa shape index (κ3) is 2.30. The van der Waals surface area contributed by atoms with E-state index in [4.69, 9.17) is 17.3 Å². The van der Waals surface area contributed by atoms with Crippen molar-refractivity contribution < 1.29 is 0 Å². The first-order chi connectivity index (χ1) is 8.35. The van der Waals surface area contributed by atoms with Gasteiger partial charge in [0.15, 0.2) is 0 Å². The van der Waals surface area contributed by atoms with Crippen molar-refractivity contribution in [1.82, 2.24) is 9.78 Å².